The summed E-state index contributed by atoms with van der Waals surface area (Å²) in [7, 11) is 0. The maximum absolute atomic E-state index is 11.8. The van der Waals surface area contributed by atoms with Gasteiger partial charge in [-0.05, 0) is 55.6 Å². The van der Waals surface area contributed by atoms with Crippen molar-refractivity contribution in [1.82, 2.24) is 4.98 Å². The molecule has 0 saturated heterocycles. The summed E-state index contributed by atoms with van der Waals surface area (Å²) in [5, 5.41) is 9.20. The van der Waals surface area contributed by atoms with Gasteiger partial charge in [-0.3, -0.25) is 4.79 Å². The van der Waals surface area contributed by atoms with Crippen LogP contribution in [0.25, 0.3) is 0 Å². The minimum Gasteiger partial charge on any atom is -0.477 e. The van der Waals surface area contributed by atoms with Gasteiger partial charge in [0.25, 0.3) is 5.56 Å². The molecule has 0 bridgehead atoms. The largest absolute Gasteiger partial charge is 0.477 e. The second kappa shape index (κ2) is 3.72. The number of rotatable bonds is 2. The number of hydrogen-bond donors (Lipinski definition) is 2. The van der Waals surface area contributed by atoms with Crippen LogP contribution in [-0.4, -0.2) is 16.1 Å². The van der Waals surface area contributed by atoms with Crippen molar-refractivity contribution in [1.29, 1.82) is 0 Å². The van der Waals surface area contributed by atoms with Crippen LogP contribution in [0.1, 0.15) is 58.8 Å². The number of fused-ring (bicyclic) bond motifs is 1. The first-order valence-electron chi connectivity index (χ1n) is 6.19. The Morgan fingerprint density at radius 1 is 1.24 bits per heavy atom. The van der Waals surface area contributed by atoms with Crippen LogP contribution in [0.5, 0.6) is 0 Å². The van der Waals surface area contributed by atoms with E-state index in [1.807, 2.05) is 0 Å². The van der Waals surface area contributed by atoms with Crippen molar-refractivity contribution < 1.29 is 9.90 Å². The Labute approximate surface area is 98.7 Å². The summed E-state index contributed by atoms with van der Waals surface area (Å²) < 4.78 is 0. The molecule has 2 aliphatic rings. The number of aryl methyl sites for hydroxylation is 1. The van der Waals surface area contributed by atoms with Crippen LogP contribution in [0.2, 0.25) is 0 Å². The molecule has 0 unspecified atom stereocenters. The van der Waals surface area contributed by atoms with Gasteiger partial charge in [-0.15, -0.1) is 0 Å². The van der Waals surface area contributed by atoms with Crippen molar-refractivity contribution >= 4 is 5.97 Å². The minimum absolute atomic E-state index is 0.00634. The zero-order valence-electron chi connectivity index (χ0n) is 9.58. The Morgan fingerprint density at radius 3 is 2.59 bits per heavy atom. The first-order valence-corrected chi connectivity index (χ1v) is 6.19. The van der Waals surface area contributed by atoms with Gasteiger partial charge >= 0.3 is 5.97 Å². The van der Waals surface area contributed by atoms with Gasteiger partial charge in [0.1, 0.15) is 5.56 Å². The first kappa shape index (κ1) is 10.6. The molecule has 1 aromatic rings. The molecule has 4 nitrogen and oxygen atoms in total. The molecule has 1 aromatic heterocycles. The van der Waals surface area contributed by atoms with Crippen LogP contribution < -0.4 is 5.56 Å². The standard InChI is InChI=1S/C13H15NO3/c15-12-11(13(16)17)10(7-5-6-7)8-3-1-2-4-9(8)14-12/h7H,1-6H2,(H,14,15)(H,16,17). The molecule has 0 atom stereocenters. The third-order valence-corrected chi connectivity index (χ3v) is 3.75. The monoisotopic (exact) mass is 233 g/mol. The van der Waals surface area contributed by atoms with Gasteiger partial charge in [-0.2, -0.15) is 0 Å². The summed E-state index contributed by atoms with van der Waals surface area (Å²) in [5.74, 6) is -0.767. The smallest absolute Gasteiger partial charge is 0.341 e. The summed E-state index contributed by atoms with van der Waals surface area (Å²) in [4.78, 5) is 25.9. The van der Waals surface area contributed by atoms with Crippen LogP contribution in [0.15, 0.2) is 4.79 Å². The fraction of sp³-hybridized carbons (Fsp3) is 0.538. The van der Waals surface area contributed by atoms with E-state index in [9.17, 15) is 14.7 Å². The third-order valence-electron chi connectivity index (χ3n) is 3.75. The summed E-state index contributed by atoms with van der Waals surface area (Å²) in [5.41, 5.74) is 2.52. The van der Waals surface area contributed by atoms with E-state index >= 15 is 0 Å². The van der Waals surface area contributed by atoms with Crippen molar-refractivity contribution in [3.8, 4) is 0 Å². The summed E-state index contributed by atoms with van der Waals surface area (Å²) in [6.07, 6.45) is 6.02. The van der Waals surface area contributed by atoms with Gasteiger partial charge in [-0.1, -0.05) is 0 Å². The van der Waals surface area contributed by atoms with Crippen LogP contribution in [0.3, 0.4) is 0 Å². The fourth-order valence-electron chi connectivity index (χ4n) is 2.85. The van der Waals surface area contributed by atoms with E-state index in [-0.39, 0.29) is 5.56 Å². The molecule has 1 fully saturated rings. The number of carboxylic acids is 1. The molecule has 0 aliphatic heterocycles. The third kappa shape index (κ3) is 1.68. The summed E-state index contributed by atoms with van der Waals surface area (Å²) in [6, 6.07) is 0. The molecule has 4 heteroatoms. The molecule has 0 spiro atoms. The molecule has 1 heterocycles. The van der Waals surface area contributed by atoms with Gasteiger partial charge < -0.3 is 10.1 Å². The lowest BCUT2D eigenvalue weighted by Gasteiger charge is -2.20. The number of aromatic nitrogens is 1. The van der Waals surface area contributed by atoms with Gasteiger partial charge in [0.15, 0.2) is 0 Å². The quantitative estimate of drug-likeness (QED) is 0.818. The van der Waals surface area contributed by atoms with Crippen LogP contribution in [-0.2, 0) is 12.8 Å². The normalized spacial score (nSPS) is 18.8. The fourth-order valence-corrected chi connectivity index (χ4v) is 2.85. The molecule has 0 amide bonds. The molecular weight excluding hydrogens is 218 g/mol. The molecule has 0 aromatic carbocycles. The van der Waals surface area contributed by atoms with E-state index in [0.29, 0.717) is 5.92 Å². The van der Waals surface area contributed by atoms with E-state index in [2.05, 4.69) is 4.98 Å². The van der Waals surface area contributed by atoms with E-state index in [1.165, 1.54) is 0 Å². The van der Waals surface area contributed by atoms with Gasteiger partial charge in [0.05, 0.1) is 0 Å². The van der Waals surface area contributed by atoms with Crippen LogP contribution in [0, 0.1) is 0 Å². The maximum Gasteiger partial charge on any atom is 0.341 e. The first-order chi connectivity index (χ1) is 8.18. The number of carbonyl (C=O) groups is 1. The second-order valence-corrected chi connectivity index (χ2v) is 4.99. The SMILES string of the molecule is O=C(O)c1c(C2CC2)c2c([nH]c1=O)CCCC2. The Hall–Kier alpha value is -1.58. The minimum atomic E-state index is -1.08. The summed E-state index contributed by atoms with van der Waals surface area (Å²) >= 11 is 0. The maximum atomic E-state index is 11.8. The van der Waals surface area contributed by atoms with Crippen molar-refractivity contribution in [3.63, 3.8) is 0 Å². The highest BCUT2D eigenvalue weighted by molar-refractivity contribution is 5.90. The number of pyridine rings is 1. The highest BCUT2D eigenvalue weighted by Gasteiger charge is 2.34. The van der Waals surface area contributed by atoms with Crippen molar-refractivity contribution in [2.45, 2.75) is 44.4 Å². The average Bonchev–Trinajstić information content (AvgIpc) is 3.10. The van der Waals surface area contributed by atoms with E-state index in [4.69, 9.17) is 0 Å². The Morgan fingerprint density at radius 2 is 1.94 bits per heavy atom. The molecule has 2 aliphatic carbocycles. The van der Waals surface area contributed by atoms with Crippen LogP contribution >= 0.6 is 0 Å². The lowest BCUT2D eigenvalue weighted by Crippen LogP contribution is -2.25. The second-order valence-electron chi connectivity index (χ2n) is 4.99. The van der Waals surface area contributed by atoms with Crippen molar-refractivity contribution in [2.24, 2.45) is 0 Å². The number of carboxylic acid groups (broad SMARTS) is 1. The van der Waals surface area contributed by atoms with E-state index in [0.717, 1.165) is 55.3 Å². The average molecular weight is 233 g/mol. The number of aromatic amines is 1. The van der Waals surface area contributed by atoms with Gasteiger partial charge in [-0.25, -0.2) is 4.79 Å². The summed E-state index contributed by atoms with van der Waals surface area (Å²) in [6.45, 7) is 0. The Balaban J connectivity index is 2.28. The van der Waals surface area contributed by atoms with Crippen LogP contribution in [0.4, 0.5) is 0 Å². The highest BCUT2D eigenvalue weighted by atomic mass is 16.4. The lowest BCUT2D eigenvalue weighted by atomic mass is 9.88. The predicted molar refractivity (Wildman–Crippen MR) is 62.6 cm³/mol. The molecule has 0 radical (unpaired) electrons. The molecule has 2 N–H and O–H groups in total. The number of nitrogens with one attached hydrogen (secondary N) is 1. The molecule has 3 rings (SSSR count). The molecule has 90 valence electrons. The zero-order chi connectivity index (χ0) is 12.0. The van der Waals surface area contributed by atoms with Crippen molar-refractivity contribution in [2.75, 3.05) is 0 Å². The van der Waals surface area contributed by atoms with E-state index in [1.54, 1.807) is 0 Å². The molecule has 17 heavy (non-hydrogen) atoms. The lowest BCUT2D eigenvalue weighted by molar-refractivity contribution is 0.0693. The Bertz CT molecular complexity index is 540. The molecular formula is C13H15NO3. The van der Waals surface area contributed by atoms with Gasteiger partial charge in [0.2, 0.25) is 0 Å². The predicted octanol–water partition coefficient (Wildman–Crippen LogP) is 1.83. The number of hydrogen-bond acceptors (Lipinski definition) is 2. The highest BCUT2D eigenvalue weighted by Crippen LogP contribution is 2.44. The zero-order valence-corrected chi connectivity index (χ0v) is 9.58. The van der Waals surface area contributed by atoms with Gasteiger partial charge in [0, 0.05) is 5.69 Å². The topological polar surface area (TPSA) is 70.2 Å². The number of H-pyrrole nitrogens is 1. The van der Waals surface area contributed by atoms with Crippen molar-refractivity contribution in [3.05, 3.63) is 32.7 Å². The van der Waals surface area contributed by atoms with E-state index < -0.39 is 11.5 Å². The number of aromatic carboxylic acids is 1. The molecule has 1 saturated carbocycles. The Kier molecular flexibility index (Phi) is 2.31.